The van der Waals surface area contributed by atoms with Crippen LogP contribution in [-0.2, 0) is 13.1 Å². The van der Waals surface area contributed by atoms with Gasteiger partial charge in [-0.3, -0.25) is 19.9 Å². The van der Waals surface area contributed by atoms with E-state index >= 15 is 0 Å². The number of quaternary nitrogens is 2. The maximum atomic E-state index is 11.1. The highest BCUT2D eigenvalue weighted by atomic mass is 16.6. The summed E-state index contributed by atoms with van der Waals surface area (Å²) in [7, 11) is 0. The second-order valence-electron chi connectivity index (χ2n) is 7.29. The zero-order chi connectivity index (χ0) is 20.4. The van der Waals surface area contributed by atoms with E-state index < -0.39 is 4.92 Å². The van der Waals surface area contributed by atoms with Crippen LogP contribution < -0.4 is 9.80 Å². The van der Waals surface area contributed by atoms with Crippen LogP contribution in [0.1, 0.15) is 23.1 Å². The van der Waals surface area contributed by atoms with Crippen molar-refractivity contribution in [2.24, 2.45) is 0 Å². The quantitative estimate of drug-likeness (QED) is 0.363. The molecule has 2 heterocycles. The number of nitro groups is 1. The van der Waals surface area contributed by atoms with Crippen molar-refractivity contribution in [2.45, 2.75) is 19.3 Å². The Kier molecular flexibility index (Phi) is 5.20. The molecule has 8 heteroatoms. The Labute approximate surface area is 167 Å². The highest BCUT2D eigenvalue weighted by Gasteiger charge is 2.44. The van der Waals surface area contributed by atoms with E-state index in [1.165, 1.54) is 6.07 Å². The normalized spacial score (nSPS) is 21.3. The molecule has 2 unspecified atom stereocenters. The van der Waals surface area contributed by atoms with Crippen LogP contribution in [0.2, 0.25) is 0 Å². The largest absolute Gasteiger partial charge is 0.507 e. The molecule has 4 rings (SSSR count). The lowest BCUT2D eigenvalue weighted by molar-refractivity contribution is -1.09. The molecule has 3 aromatic rings. The standard InChI is InChI=1S/C21H21N3O5/c25-17-7-3-1-5-15(17)13-22-11-12-23(14-16-6-2-4-8-18(16)26)21(22)19-9-10-20(29-19)24(27)28/h1-10,21,25-26H,11-14H2/p+2. The third-order valence-corrected chi connectivity index (χ3v) is 5.48. The minimum atomic E-state index is -0.538. The second-order valence-corrected chi connectivity index (χ2v) is 7.29. The van der Waals surface area contributed by atoms with E-state index in [4.69, 9.17) is 4.42 Å². The topological polar surface area (TPSA) is 106 Å². The van der Waals surface area contributed by atoms with Crippen molar-refractivity contribution in [3.05, 3.63) is 87.7 Å². The Balaban J connectivity index is 1.64. The Morgan fingerprint density at radius 1 is 0.897 bits per heavy atom. The number of nitrogens with zero attached hydrogens (tertiary/aromatic N) is 1. The van der Waals surface area contributed by atoms with Crippen molar-refractivity contribution in [2.75, 3.05) is 13.1 Å². The van der Waals surface area contributed by atoms with Gasteiger partial charge in [0.05, 0.1) is 6.07 Å². The van der Waals surface area contributed by atoms with Crippen LogP contribution in [0, 0.1) is 10.1 Å². The third kappa shape index (κ3) is 3.94. The van der Waals surface area contributed by atoms with Crippen LogP contribution in [0.5, 0.6) is 11.5 Å². The molecule has 0 radical (unpaired) electrons. The molecule has 8 nitrogen and oxygen atoms in total. The third-order valence-electron chi connectivity index (χ3n) is 5.48. The molecule has 0 saturated carbocycles. The number of aromatic hydroxyl groups is 2. The van der Waals surface area contributed by atoms with Gasteiger partial charge in [0.1, 0.15) is 42.6 Å². The number of nitrogens with one attached hydrogen (secondary N) is 2. The molecule has 0 bridgehead atoms. The number of phenols is 2. The molecule has 1 aliphatic rings. The van der Waals surface area contributed by atoms with E-state index in [0.717, 1.165) is 34.0 Å². The second kappa shape index (κ2) is 7.94. The van der Waals surface area contributed by atoms with Crippen LogP contribution in [0.15, 0.2) is 65.1 Å². The first kappa shape index (κ1) is 19.0. The zero-order valence-corrected chi connectivity index (χ0v) is 15.7. The zero-order valence-electron chi connectivity index (χ0n) is 15.7. The average Bonchev–Trinajstić information content (AvgIpc) is 3.33. The van der Waals surface area contributed by atoms with Crippen molar-refractivity contribution in [3.63, 3.8) is 0 Å². The van der Waals surface area contributed by atoms with Gasteiger partial charge in [-0.2, -0.15) is 0 Å². The van der Waals surface area contributed by atoms with Crippen LogP contribution >= 0.6 is 0 Å². The molecule has 29 heavy (non-hydrogen) atoms. The first-order valence-corrected chi connectivity index (χ1v) is 9.50. The van der Waals surface area contributed by atoms with E-state index in [0.29, 0.717) is 18.8 Å². The molecule has 1 aliphatic heterocycles. The fraction of sp³-hybridized carbons (Fsp3) is 0.238. The van der Waals surface area contributed by atoms with E-state index in [2.05, 4.69) is 0 Å². The number of rotatable bonds is 6. The molecule has 4 N–H and O–H groups in total. The van der Waals surface area contributed by atoms with Gasteiger partial charge in [0, 0.05) is 17.2 Å². The Morgan fingerprint density at radius 2 is 1.41 bits per heavy atom. The van der Waals surface area contributed by atoms with Gasteiger partial charge in [0.2, 0.25) is 5.76 Å². The number of phenolic OH excluding ortho intramolecular Hbond substituents is 2. The maximum Gasteiger partial charge on any atom is 0.433 e. The van der Waals surface area contributed by atoms with Crippen LogP contribution in [0.3, 0.4) is 0 Å². The fourth-order valence-electron chi connectivity index (χ4n) is 4.09. The number of para-hydroxylation sites is 2. The van der Waals surface area contributed by atoms with E-state index in [-0.39, 0.29) is 23.5 Å². The lowest BCUT2D eigenvalue weighted by Crippen LogP contribution is -3.22. The predicted molar refractivity (Wildman–Crippen MR) is 103 cm³/mol. The first-order valence-electron chi connectivity index (χ1n) is 9.50. The molecule has 1 aromatic heterocycles. The summed E-state index contributed by atoms with van der Waals surface area (Å²) in [5, 5.41) is 31.4. The first-order chi connectivity index (χ1) is 14.0. The maximum absolute atomic E-state index is 11.1. The Hall–Kier alpha value is -3.36. The van der Waals surface area contributed by atoms with Gasteiger partial charge in [-0.1, -0.05) is 24.3 Å². The molecule has 0 amide bonds. The average molecular weight is 397 g/mol. The summed E-state index contributed by atoms with van der Waals surface area (Å²) in [6.45, 7) is 2.74. The smallest absolute Gasteiger partial charge is 0.433 e. The number of benzene rings is 2. The molecule has 1 saturated heterocycles. The van der Waals surface area contributed by atoms with Gasteiger partial charge >= 0.3 is 5.88 Å². The van der Waals surface area contributed by atoms with Crippen molar-refractivity contribution < 1.29 is 29.4 Å². The van der Waals surface area contributed by atoms with E-state index in [1.807, 2.05) is 24.3 Å². The number of hydrogen-bond donors (Lipinski definition) is 4. The van der Waals surface area contributed by atoms with Crippen molar-refractivity contribution in [3.8, 4) is 11.5 Å². The van der Waals surface area contributed by atoms with Crippen molar-refractivity contribution in [1.82, 2.24) is 0 Å². The van der Waals surface area contributed by atoms with Gasteiger partial charge in [0.25, 0.3) is 6.17 Å². The minimum Gasteiger partial charge on any atom is -0.507 e. The lowest BCUT2D eigenvalue weighted by Gasteiger charge is -2.23. The molecule has 150 valence electrons. The summed E-state index contributed by atoms with van der Waals surface area (Å²) in [5.74, 6) is 0.720. The van der Waals surface area contributed by atoms with Crippen molar-refractivity contribution in [1.29, 1.82) is 0 Å². The monoisotopic (exact) mass is 397 g/mol. The summed E-state index contributed by atoms with van der Waals surface area (Å²) < 4.78 is 5.56. The highest BCUT2D eigenvalue weighted by molar-refractivity contribution is 5.31. The van der Waals surface area contributed by atoms with Gasteiger partial charge < -0.3 is 14.6 Å². The van der Waals surface area contributed by atoms with Crippen LogP contribution in [-0.4, -0.2) is 28.2 Å². The lowest BCUT2D eigenvalue weighted by atomic mass is 10.1. The summed E-state index contributed by atoms with van der Waals surface area (Å²) in [5.41, 5.74) is 1.63. The van der Waals surface area contributed by atoms with E-state index in [1.54, 1.807) is 30.3 Å². The number of hydrogen-bond acceptors (Lipinski definition) is 5. The fourth-order valence-corrected chi connectivity index (χ4v) is 4.09. The molecule has 2 atom stereocenters. The Morgan fingerprint density at radius 3 is 1.86 bits per heavy atom. The Bertz CT molecular complexity index is 963. The summed E-state index contributed by atoms with van der Waals surface area (Å²) in [4.78, 5) is 12.8. The molecule has 2 aromatic carbocycles. The number of furan rings is 1. The molecule has 0 spiro atoms. The van der Waals surface area contributed by atoms with Gasteiger partial charge in [-0.15, -0.1) is 0 Å². The van der Waals surface area contributed by atoms with Gasteiger partial charge in [-0.25, -0.2) is 0 Å². The van der Waals surface area contributed by atoms with Gasteiger partial charge in [-0.05, 0) is 24.3 Å². The summed E-state index contributed by atoms with van der Waals surface area (Å²) in [6.07, 6.45) is -0.192. The molecular formula is C21H23N3O5+2. The highest BCUT2D eigenvalue weighted by Crippen LogP contribution is 2.21. The van der Waals surface area contributed by atoms with Gasteiger partial charge in [0.15, 0.2) is 0 Å². The van der Waals surface area contributed by atoms with E-state index in [9.17, 15) is 20.3 Å². The molecular weight excluding hydrogens is 374 g/mol. The summed E-state index contributed by atoms with van der Waals surface area (Å²) in [6, 6.07) is 17.4. The molecule has 0 aliphatic carbocycles. The SMILES string of the molecule is O=[N+]([O-])c1ccc(C2[NH+](Cc3ccccc3O)CC[NH+]2Cc2ccccc2O)o1. The van der Waals surface area contributed by atoms with Crippen LogP contribution in [0.25, 0.3) is 0 Å². The molecule has 1 fully saturated rings. The minimum absolute atomic E-state index is 0.192. The predicted octanol–water partition coefficient (Wildman–Crippen LogP) is 0.781. The summed E-state index contributed by atoms with van der Waals surface area (Å²) >= 11 is 0. The van der Waals surface area contributed by atoms with Crippen molar-refractivity contribution >= 4 is 5.88 Å². The van der Waals surface area contributed by atoms with Crippen LogP contribution in [0.4, 0.5) is 5.88 Å².